The monoisotopic (exact) mass is 314 g/mol. The van der Waals surface area contributed by atoms with Gasteiger partial charge in [0.1, 0.15) is 6.17 Å². The van der Waals surface area contributed by atoms with Crippen molar-refractivity contribution in [3.05, 3.63) is 90.0 Å². The van der Waals surface area contributed by atoms with Gasteiger partial charge in [0.2, 0.25) is 0 Å². The van der Waals surface area contributed by atoms with Crippen LogP contribution in [0.3, 0.4) is 0 Å². The van der Waals surface area contributed by atoms with Gasteiger partial charge in [-0.05, 0) is 28.8 Å². The van der Waals surface area contributed by atoms with Crippen LogP contribution in [0.4, 0.5) is 5.69 Å². The molecule has 0 saturated carbocycles. The van der Waals surface area contributed by atoms with Crippen molar-refractivity contribution in [1.82, 2.24) is 4.90 Å². The predicted octanol–water partition coefficient (Wildman–Crippen LogP) is 4.55. The number of hydrogen-bond donors (Lipinski definition) is 1. The number of amides is 1. The lowest BCUT2D eigenvalue weighted by atomic mass is 10.0. The number of para-hydroxylation sites is 1. The molecule has 0 bridgehead atoms. The van der Waals surface area contributed by atoms with Crippen LogP contribution < -0.4 is 5.32 Å². The van der Waals surface area contributed by atoms with E-state index in [4.69, 9.17) is 0 Å². The molecule has 0 spiro atoms. The van der Waals surface area contributed by atoms with E-state index in [1.807, 2.05) is 49.5 Å². The molecule has 24 heavy (non-hydrogen) atoms. The van der Waals surface area contributed by atoms with Crippen LogP contribution in [0.1, 0.15) is 22.1 Å². The molecule has 118 valence electrons. The summed E-state index contributed by atoms with van der Waals surface area (Å²) in [5.74, 6) is 0.0430. The summed E-state index contributed by atoms with van der Waals surface area (Å²) in [6, 6.07) is 26.3. The van der Waals surface area contributed by atoms with Gasteiger partial charge in [0, 0.05) is 12.7 Å². The highest BCUT2D eigenvalue weighted by Crippen LogP contribution is 2.32. The number of carbonyl (C=O) groups excluding carboxylic acids is 1. The Kier molecular flexibility index (Phi) is 3.54. The van der Waals surface area contributed by atoms with Crippen LogP contribution in [0.2, 0.25) is 0 Å². The van der Waals surface area contributed by atoms with Crippen LogP contribution in [0.25, 0.3) is 11.1 Å². The lowest BCUT2D eigenvalue weighted by Crippen LogP contribution is -2.40. The fourth-order valence-electron chi connectivity index (χ4n) is 3.14. The molecular formula is C21H18N2O. The van der Waals surface area contributed by atoms with E-state index in [9.17, 15) is 4.79 Å². The van der Waals surface area contributed by atoms with E-state index in [-0.39, 0.29) is 12.1 Å². The third kappa shape index (κ3) is 2.44. The fraction of sp³-hybridized carbons (Fsp3) is 0.0952. The Morgan fingerprint density at radius 2 is 1.42 bits per heavy atom. The zero-order valence-corrected chi connectivity index (χ0v) is 13.4. The van der Waals surface area contributed by atoms with Crippen LogP contribution >= 0.6 is 0 Å². The Morgan fingerprint density at radius 1 is 0.792 bits per heavy atom. The molecule has 1 N–H and O–H groups in total. The van der Waals surface area contributed by atoms with Crippen molar-refractivity contribution in [2.75, 3.05) is 12.4 Å². The summed E-state index contributed by atoms with van der Waals surface area (Å²) in [7, 11) is 1.83. The van der Waals surface area contributed by atoms with Gasteiger partial charge in [0.05, 0.1) is 5.56 Å². The first-order chi connectivity index (χ1) is 11.7. The fourth-order valence-corrected chi connectivity index (χ4v) is 3.14. The number of carbonyl (C=O) groups is 1. The van der Waals surface area contributed by atoms with Gasteiger partial charge in [0.25, 0.3) is 5.91 Å². The van der Waals surface area contributed by atoms with Crippen molar-refractivity contribution < 1.29 is 4.79 Å². The van der Waals surface area contributed by atoms with E-state index in [1.165, 1.54) is 11.1 Å². The molecule has 3 nitrogen and oxygen atoms in total. The Morgan fingerprint density at radius 3 is 2.17 bits per heavy atom. The normalized spacial score (nSPS) is 16.5. The van der Waals surface area contributed by atoms with Gasteiger partial charge >= 0.3 is 0 Å². The van der Waals surface area contributed by atoms with Gasteiger partial charge in [-0.25, -0.2) is 0 Å². The van der Waals surface area contributed by atoms with E-state index < -0.39 is 0 Å². The molecule has 0 radical (unpaired) electrons. The van der Waals surface area contributed by atoms with Gasteiger partial charge in [-0.1, -0.05) is 66.7 Å². The number of benzene rings is 3. The Balaban J connectivity index is 1.66. The summed E-state index contributed by atoms with van der Waals surface area (Å²) < 4.78 is 0. The van der Waals surface area contributed by atoms with Gasteiger partial charge in [-0.15, -0.1) is 0 Å². The topological polar surface area (TPSA) is 32.3 Å². The Labute approximate surface area is 141 Å². The third-order valence-corrected chi connectivity index (χ3v) is 4.49. The molecule has 3 aromatic rings. The molecule has 0 aliphatic carbocycles. The lowest BCUT2D eigenvalue weighted by molar-refractivity contribution is 0.0735. The van der Waals surface area contributed by atoms with Crippen molar-refractivity contribution in [3.8, 4) is 11.1 Å². The molecule has 0 saturated heterocycles. The van der Waals surface area contributed by atoms with Crippen LogP contribution in [-0.2, 0) is 0 Å². The third-order valence-electron chi connectivity index (χ3n) is 4.49. The van der Waals surface area contributed by atoms with E-state index in [1.54, 1.807) is 4.90 Å². The maximum absolute atomic E-state index is 12.6. The lowest BCUT2D eigenvalue weighted by Gasteiger charge is -2.35. The first-order valence-corrected chi connectivity index (χ1v) is 8.02. The number of rotatable bonds is 2. The molecule has 1 aliphatic heterocycles. The van der Waals surface area contributed by atoms with Crippen molar-refractivity contribution in [2.24, 2.45) is 0 Å². The maximum Gasteiger partial charge on any atom is 0.257 e. The number of anilines is 1. The summed E-state index contributed by atoms with van der Waals surface area (Å²) in [6.07, 6.45) is -0.155. The second kappa shape index (κ2) is 5.85. The zero-order chi connectivity index (χ0) is 16.5. The first-order valence-electron chi connectivity index (χ1n) is 8.02. The smallest absolute Gasteiger partial charge is 0.257 e. The van der Waals surface area contributed by atoms with Gasteiger partial charge in [-0.2, -0.15) is 0 Å². The Hall–Kier alpha value is -3.07. The molecule has 3 heteroatoms. The number of nitrogens with zero attached hydrogens (tertiary/aromatic N) is 1. The van der Waals surface area contributed by atoms with Gasteiger partial charge in [-0.3, -0.25) is 4.79 Å². The van der Waals surface area contributed by atoms with Crippen LogP contribution in [0.15, 0.2) is 78.9 Å². The molecule has 3 aromatic carbocycles. The van der Waals surface area contributed by atoms with E-state index in [2.05, 4.69) is 41.7 Å². The minimum atomic E-state index is -0.155. The second-order valence-corrected chi connectivity index (χ2v) is 6.00. The average molecular weight is 314 g/mol. The number of fused-ring (bicyclic) bond motifs is 1. The minimum Gasteiger partial charge on any atom is -0.361 e. The molecule has 1 atom stereocenters. The standard InChI is InChI=1S/C21H18N2O/c1-23-20(22-19-10-6-5-9-18(19)21(23)24)17-13-11-16(12-14-17)15-7-3-2-4-8-15/h2-14,20,22H,1H3. The van der Waals surface area contributed by atoms with Crippen LogP contribution in [-0.4, -0.2) is 17.9 Å². The van der Waals surface area contributed by atoms with Crippen molar-refractivity contribution >= 4 is 11.6 Å². The van der Waals surface area contributed by atoms with Gasteiger partial charge in [0.15, 0.2) is 0 Å². The quantitative estimate of drug-likeness (QED) is 0.752. The van der Waals surface area contributed by atoms with E-state index in [0.29, 0.717) is 0 Å². The SMILES string of the molecule is CN1C(=O)c2ccccc2NC1c1ccc(-c2ccccc2)cc1. The van der Waals surface area contributed by atoms with Crippen molar-refractivity contribution in [1.29, 1.82) is 0 Å². The molecule has 0 fully saturated rings. The van der Waals surface area contributed by atoms with Crippen LogP contribution in [0, 0.1) is 0 Å². The molecule has 1 unspecified atom stereocenters. The summed E-state index contributed by atoms with van der Waals surface area (Å²) >= 11 is 0. The largest absolute Gasteiger partial charge is 0.361 e. The highest BCUT2D eigenvalue weighted by molar-refractivity contribution is 6.01. The molecule has 4 rings (SSSR count). The number of nitrogens with one attached hydrogen (secondary N) is 1. The van der Waals surface area contributed by atoms with Crippen molar-refractivity contribution in [2.45, 2.75) is 6.17 Å². The van der Waals surface area contributed by atoms with Crippen LogP contribution in [0.5, 0.6) is 0 Å². The second-order valence-electron chi connectivity index (χ2n) is 6.00. The predicted molar refractivity (Wildman–Crippen MR) is 96.8 cm³/mol. The summed E-state index contributed by atoms with van der Waals surface area (Å²) in [5.41, 5.74) is 5.04. The molecule has 1 amide bonds. The molecule has 0 aromatic heterocycles. The summed E-state index contributed by atoms with van der Waals surface area (Å²) in [5, 5.41) is 3.46. The minimum absolute atomic E-state index is 0.0430. The highest BCUT2D eigenvalue weighted by Gasteiger charge is 2.29. The average Bonchev–Trinajstić information content (AvgIpc) is 2.66. The number of hydrogen-bond acceptors (Lipinski definition) is 2. The summed E-state index contributed by atoms with van der Waals surface area (Å²) in [6.45, 7) is 0. The zero-order valence-electron chi connectivity index (χ0n) is 13.4. The molecule has 1 aliphatic rings. The molecular weight excluding hydrogens is 296 g/mol. The van der Waals surface area contributed by atoms with Gasteiger partial charge < -0.3 is 10.2 Å². The van der Waals surface area contributed by atoms with Crippen molar-refractivity contribution in [3.63, 3.8) is 0 Å². The first kappa shape index (κ1) is 14.5. The summed E-state index contributed by atoms with van der Waals surface area (Å²) in [4.78, 5) is 14.3. The Bertz CT molecular complexity index is 872. The maximum atomic E-state index is 12.6. The molecule has 1 heterocycles. The van der Waals surface area contributed by atoms with E-state index in [0.717, 1.165) is 16.8 Å². The highest BCUT2D eigenvalue weighted by atomic mass is 16.2. The van der Waals surface area contributed by atoms with E-state index >= 15 is 0 Å².